The van der Waals surface area contributed by atoms with Crippen LogP contribution in [0.1, 0.15) is 20.8 Å². The molecule has 0 radical (unpaired) electrons. The van der Waals surface area contributed by atoms with Crippen LogP contribution < -0.4 is 11.1 Å². The molecule has 0 atom stereocenters. The zero-order chi connectivity index (χ0) is 9.56. The van der Waals surface area contributed by atoms with E-state index in [1.807, 2.05) is 6.92 Å². The van der Waals surface area contributed by atoms with E-state index in [1.165, 1.54) is 0 Å². The van der Waals surface area contributed by atoms with E-state index in [0.717, 1.165) is 12.1 Å². The Balaban J connectivity index is 3.63. The predicted octanol–water partition coefficient (Wildman–Crippen LogP) is 1.12. The van der Waals surface area contributed by atoms with Gasteiger partial charge < -0.3 is 11.1 Å². The second-order valence-electron chi connectivity index (χ2n) is 3.43. The molecular weight excluding hydrogens is 150 g/mol. The van der Waals surface area contributed by atoms with Gasteiger partial charge >= 0.3 is 0 Å². The maximum Gasteiger partial charge on any atom is 0.188 e. The van der Waals surface area contributed by atoms with Crippen LogP contribution in [-0.2, 0) is 0 Å². The number of guanidine groups is 1. The van der Waals surface area contributed by atoms with Crippen LogP contribution in [0.5, 0.6) is 0 Å². The molecule has 0 saturated heterocycles. The summed E-state index contributed by atoms with van der Waals surface area (Å²) in [5, 5.41) is 2.97. The molecule has 12 heavy (non-hydrogen) atoms. The molecule has 0 rings (SSSR count). The van der Waals surface area contributed by atoms with Gasteiger partial charge in [0.25, 0.3) is 0 Å². The average Bonchev–Trinajstić information content (AvgIpc) is 1.96. The van der Waals surface area contributed by atoms with E-state index < -0.39 is 0 Å². The maximum absolute atomic E-state index is 5.57. The number of hydrogen-bond acceptors (Lipinski definition) is 1. The molecule has 0 spiro atoms. The minimum absolute atomic E-state index is 0.506. The van der Waals surface area contributed by atoms with Gasteiger partial charge in [-0.15, -0.1) is 0 Å². The summed E-state index contributed by atoms with van der Waals surface area (Å²) in [6.45, 7) is 11.4. The van der Waals surface area contributed by atoms with E-state index in [1.54, 1.807) is 0 Å². The fraction of sp³-hybridized carbons (Fsp3) is 0.667. The zero-order valence-electron chi connectivity index (χ0n) is 8.22. The Hall–Kier alpha value is -0.990. The van der Waals surface area contributed by atoms with Gasteiger partial charge in [-0.25, -0.2) is 0 Å². The van der Waals surface area contributed by atoms with Crippen LogP contribution in [0.2, 0.25) is 0 Å². The fourth-order valence-corrected chi connectivity index (χ4v) is 0.578. The van der Waals surface area contributed by atoms with Crippen molar-refractivity contribution in [1.29, 1.82) is 0 Å². The molecule has 0 aliphatic heterocycles. The molecule has 0 aliphatic rings. The first kappa shape index (κ1) is 11.0. The Kier molecular flexibility index (Phi) is 5.17. The van der Waals surface area contributed by atoms with Gasteiger partial charge in [0.05, 0.1) is 0 Å². The lowest BCUT2D eigenvalue weighted by Gasteiger charge is -2.05. The van der Waals surface area contributed by atoms with Crippen molar-refractivity contribution >= 4 is 5.96 Å². The third-order valence-electron chi connectivity index (χ3n) is 1.20. The van der Waals surface area contributed by atoms with Gasteiger partial charge in [0, 0.05) is 13.1 Å². The maximum atomic E-state index is 5.57. The van der Waals surface area contributed by atoms with Crippen LogP contribution in [0.15, 0.2) is 17.1 Å². The second-order valence-corrected chi connectivity index (χ2v) is 3.43. The van der Waals surface area contributed by atoms with Gasteiger partial charge in [-0.3, -0.25) is 4.99 Å². The molecule has 0 saturated carbocycles. The second kappa shape index (κ2) is 5.63. The van der Waals surface area contributed by atoms with Crippen molar-refractivity contribution in [3.05, 3.63) is 12.2 Å². The van der Waals surface area contributed by atoms with E-state index in [4.69, 9.17) is 5.73 Å². The molecule has 0 bridgehead atoms. The summed E-state index contributed by atoms with van der Waals surface area (Å²) in [7, 11) is 0. The minimum Gasteiger partial charge on any atom is -0.370 e. The van der Waals surface area contributed by atoms with Gasteiger partial charge in [-0.05, 0) is 12.8 Å². The zero-order valence-corrected chi connectivity index (χ0v) is 8.22. The first-order valence-corrected chi connectivity index (χ1v) is 4.20. The van der Waals surface area contributed by atoms with Crippen molar-refractivity contribution in [3.63, 3.8) is 0 Å². The Morgan fingerprint density at radius 1 is 1.58 bits per heavy atom. The highest BCUT2D eigenvalue weighted by Gasteiger charge is 1.93. The first-order valence-electron chi connectivity index (χ1n) is 4.20. The number of hydrogen-bond donors (Lipinski definition) is 2. The molecule has 0 amide bonds. The standard InChI is InChI=1S/C9H19N3/c1-7(2)5-11-9(10)12-6-8(3)4/h8H,1,5-6H2,2-4H3,(H3,10,11,12). The lowest BCUT2D eigenvalue weighted by molar-refractivity contribution is 0.662. The third-order valence-corrected chi connectivity index (χ3v) is 1.20. The molecule has 3 N–H and O–H groups in total. The van der Waals surface area contributed by atoms with Crippen molar-refractivity contribution in [2.45, 2.75) is 20.8 Å². The van der Waals surface area contributed by atoms with Crippen LogP contribution in [0, 0.1) is 5.92 Å². The van der Waals surface area contributed by atoms with Gasteiger partial charge in [-0.1, -0.05) is 26.0 Å². The van der Waals surface area contributed by atoms with E-state index in [0.29, 0.717) is 18.4 Å². The number of rotatable bonds is 4. The molecule has 3 nitrogen and oxygen atoms in total. The molecular formula is C9H19N3. The highest BCUT2D eigenvalue weighted by Crippen LogP contribution is 1.90. The molecule has 0 aromatic heterocycles. The largest absolute Gasteiger partial charge is 0.370 e. The Bertz CT molecular complexity index is 171. The molecule has 0 unspecified atom stereocenters. The summed E-state index contributed by atoms with van der Waals surface area (Å²) in [6, 6.07) is 0. The van der Waals surface area contributed by atoms with Crippen LogP contribution in [0.25, 0.3) is 0 Å². The topological polar surface area (TPSA) is 50.4 Å². The van der Waals surface area contributed by atoms with Crippen LogP contribution in [0.3, 0.4) is 0 Å². The van der Waals surface area contributed by atoms with Gasteiger partial charge in [0.1, 0.15) is 0 Å². The molecule has 70 valence electrons. The summed E-state index contributed by atoms with van der Waals surface area (Å²) in [4.78, 5) is 4.14. The highest BCUT2D eigenvalue weighted by molar-refractivity contribution is 5.78. The SMILES string of the molecule is C=C(C)CNC(N)=NCC(C)C. The van der Waals surface area contributed by atoms with Crippen molar-refractivity contribution in [2.75, 3.05) is 13.1 Å². The predicted molar refractivity (Wildman–Crippen MR) is 54.1 cm³/mol. The fourth-order valence-electron chi connectivity index (χ4n) is 0.578. The molecule has 0 fully saturated rings. The van der Waals surface area contributed by atoms with E-state index in [-0.39, 0.29) is 0 Å². The summed E-state index contributed by atoms with van der Waals surface area (Å²) in [6.07, 6.45) is 0. The van der Waals surface area contributed by atoms with Crippen LogP contribution in [-0.4, -0.2) is 19.0 Å². The Morgan fingerprint density at radius 2 is 2.17 bits per heavy atom. The normalized spacial score (nSPS) is 11.8. The van der Waals surface area contributed by atoms with Crippen molar-refractivity contribution in [3.8, 4) is 0 Å². The van der Waals surface area contributed by atoms with Crippen LogP contribution in [0.4, 0.5) is 0 Å². The lowest BCUT2D eigenvalue weighted by atomic mass is 10.2. The van der Waals surface area contributed by atoms with Gasteiger partial charge in [0.2, 0.25) is 0 Å². The first-order chi connectivity index (χ1) is 5.52. The smallest absolute Gasteiger partial charge is 0.188 e. The summed E-state index contributed by atoms with van der Waals surface area (Å²) in [5.74, 6) is 1.06. The number of nitrogens with one attached hydrogen (secondary N) is 1. The van der Waals surface area contributed by atoms with E-state index >= 15 is 0 Å². The number of nitrogens with zero attached hydrogens (tertiary/aromatic N) is 1. The summed E-state index contributed by atoms with van der Waals surface area (Å²) < 4.78 is 0. The van der Waals surface area contributed by atoms with Crippen molar-refractivity contribution in [2.24, 2.45) is 16.6 Å². The van der Waals surface area contributed by atoms with Crippen molar-refractivity contribution in [1.82, 2.24) is 5.32 Å². The Labute approximate surface area is 74.8 Å². The molecule has 0 aliphatic carbocycles. The Morgan fingerprint density at radius 3 is 2.58 bits per heavy atom. The van der Waals surface area contributed by atoms with E-state index in [2.05, 4.69) is 30.7 Å². The summed E-state index contributed by atoms with van der Waals surface area (Å²) in [5.41, 5.74) is 6.62. The quantitative estimate of drug-likeness (QED) is 0.376. The lowest BCUT2D eigenvalue weighted by Crippen LogP contribution is -2.33. The third kappa shape index (κ3) is 7.12. The number of aliphatic imine (C=N–C) groups is 1. The number of nitrogens with two attached hydrogens (primary N) is 1. The molecule has 3 heteroatoms. The summed E-state index contributed by atoms with van der Waals surface area (Å²) >= 11 is 0. The molecule has 0 aromatic carbocycles. The van der Waals surface area contributed by atoms with Gasteiger partial charge in [-0.2, -0.15) is 0 Å². The highest BCUT2D eigenvalue weighted by atomic mass is 15.1. The van der Waals surface area contributed by atoms with Crippen molar-refractivity contribution < 1.29 is 0 Å². The molecule has 0 heterocycles. The monoisotopic (exact) mass is 169 g/mol. The molecule has 0 aromatic rings. The minimum atomic E-state index is 0.506. The van der Waals surface area contributed by atoms with Gasteiger partial charge in [0.15, 0.2) is 5.96 Å². The van der Waals surface area contributed by atoms with Crippen LogP contribution >= 0.6 is 0 Å². The average molecular weight is 169 g/mol. The van der Waals surface area contributed by atoms with E-state index in [9.17, 15) is 0 Å².